The Morgan fingerprint density at radius 2 is 0.902 bits per heavy atom. The summed E-state index contributed by atoms with van der Waals surface area (Å²) < 4.78 is 34.0. The molecule has 2 atom stereocenters. The zero-order chi connectivity index (χ0) is 45.0. The number of carbonyl (C=O) groups is 2. The van der Waals surface area contributed by atoms with E-state index >= 15 is 0 Å². The molecule has 61 heavy (non-hydrogen) atoms. The number of phosphoric ester groups is 1. The first-order chi connectivity index (χ1) is 29.5. The Hall–Kier alpha value is -1.51. The van der Waals surface area contributed by atoms with Gasteiger partial charge >= 0.3 is 11.9 Å². The van der Waals surface area contributed by atoms with E-state index in [0.29, 0.717) is 17.4 Å². The van der Waals surface area contributed by atoms with Gasteiger partial charge in [0.1, 0.15) is 19.8 Å². The van der Waals surface area contributed by atoms with Crippen molar-refractivity contribution in [2.45, 2.75) is 245 Å². The van der Waals surface area contributed by atoms with Gasteiger partial charge in [-0.1, -0.05) is 212 Å². The van der Waals surface area contributed by atoms with Gasteiger partial charge < -0.3 is 27.9 Å². The minimum atomic E-state index is -4.64. The van der Waals surface area contributed by atoms with Crippen LogP contribution in [0.4, 0.5) is 0 Å². The lowest BCUT2D eigenvalue weighted by atomic mass is 10.0. The molecule has 0 aromatic carbocycles. The molecule has 9 nitrogen and oxygen atoms in total. The molecule has 0 radical (unpaired) electrons. The molecule has 0 N–H and O–H groups in total. The summed E-state index contributed by atoms with van der Waals surface area (Å²) in [6.07, 6.45) is 49.3. The number of unbranched alkanes of at least 4 members (excludes halogenated alkanes) is 29. The van der Waals surface area contributed by atoms with E-state index in [9.17, 15) is 19.0 Å². The van der Waals surface area contributed by atoms with Crippen LogP contribution < -0.4 is 4.89 Å². The van der Waals surface area contributed by atoms with Gasteiger partial charge in [0.25, 0.3) is 7.82 Å². The highest BCUT2D eigenvalue weighted by Gasteiger charge is 2.21. The number of phosphoric acid groups is 1. The van der Waals surface area contributed by atoms with Gasteiger partial charge in [0.15, 0.2) is 6.10 Å². The highest BCUT2D eigenvalue weighted by molar-refractivity contribution is 7.45. The van der Waals surface area contributed by atoms with E-state index in [-0.39, 0.29) is 32.0 Å². The number of allylic oxidation sites excluding steroid dienone is 4. The SMILES string of the molecule is CCCCCCCCCCC/C=C/C/C=C/CCCC(=O)O[C@H](COC(=O)CCCCCCCCCCCCCCCCCCCCCC)COP(=O)([O-])OCC[N+](C)(C)C. The number of likely N-dealkylation sites (N-methyl/N-ethyl adjacent to an activating group) is 1. The molecule has 0 fully saturated rings. The van der Waals surface area contributed by atoms with Crippen molar-refractivity contribution < 1.29 is 42.1 Å². The van der Waals surface area contributed by atoms with Crippen LogP contribution >= 0.6 is 7.82 Å². The van der Waals surface area contributed by atoms with Crippen LogP contribution in [0.5, 0.6) is 0 Å². The molecule has 0 bridgehead atoms. The van der Waals surface area contributed by atoms with E-state index in [4.69, 9.17) is 18.5 Å². The van der Waals surface area contributed by atoms with Gasteiger partial charge in [0.2, 0.25) is 0 Å². The second kappa shape index (κ2) is 43.7. The highest BCUT2D eigenvalue weighted by Crippen LogP contribution is 2.38. The average molecular weight is 884 g/mol. The molecule has 0 saturated heterocycles. The predicted molar refractivity (Wildman–Crippen MR) is 254 cm³/mol. The summed E-state index contributed by atoms with van der Waals surface area (Å²) in [7, 11) is 1.15. The van der Waals surface area contributed by atoms with Gasteiger partial charge in [-0.25, -0.2) is 0 Å². The molecule has 0 aromatic rings. The molecule has 0 heterocycles. The fraction of sp³-hybridized carbons (Fsp3) is 0.882. The molecular formula is C51H98NO8P. The Morgan fingerprint density at radius 1 is 0.508 bits per heavy atom. The first-order valence-electron chi connectivity index (χ1n) is 25.5. The lowest BCUT2D eigenvalue weighted by molar-refractivity contribution is -0.870. The van der Waals surface area contributed by atoms with E-state index in [0.717, 1.165) is 38.5 Å². The summed E-state index contributed by atoms with van der Waals surface area (Å²) >= 11 is 0. The van der Waals surface area contributed by atoms with Gasteiger partial charge in [-0.2, -0.15) is 0 Å². The molecule has 0 amide bonds. The molecule has 0 aromatic heterocycles. The van der Waals surface area contributed by atoms with Crippen LogP contribution in [0.3, 0.4) is 0 Å². The standard InChI is InChI=1S/C51H98NO8P/c1-6-8-10-12-14-16-18-20-22-24-25-26-28-29-31-33-35-37-39-41-43-50(53)57-47-49(48-59-61(55,56)58-46-45-52(3,4)5)60-51(54)44-42-40-38-36-34-32-30-27-23-21-19-17-15-13-11-9-7-2/h30,32,36,38,49H,6-29,31,33-35,37,39-48H2,1-5H3/b32-30+,38-36+/t49-/m1/s1. The average Bonchev–Trinajstić information content (AvgIpc) is 3.21. The van der Waals surface area contributed by atoms with Crippen LogP contribution in [0.2, 0.25) is 0 Å². The normalized spacial score (nSPS) is 13.6. The van der Waals surface area contributed by atoms with Crippen LogP contribution in [0.15, 0.2) is 24.3 Å². The van der Waals surface area contributed by atoms with Crippen LogP contribution in [-0.2, 0) is 32.7 Å². The topological polar surface area (TPSA) is 111 Å². The van der Waals surface area contributed by atoms with E-state index in [2.05, 4.69) is 38.2 Å². The fourth-order valence-electron chi connectivity index (χ4n) is 7.23. The van der Waals surface area contributed by atoms with E-state index in [1.165, 1.54) is 167 Å². The van der Waals surface area contributed by atoms with Crippen molar-refractivity contribution in [2.24, 2.45) is 0 Å². The molecule has 0 aliphatic heterocycles. The maximum Gasteiger partial charge on any atom is 0.306 e. The zero-order valence-corrected chi connectivity index (χ0v) is 41.5. The van der Waals surface area contributed by atoms with Gasteiger partial charge in [-0.3, -0.25) is 14.2 Å². The Bertz CT molecular complexity index is 1090. The number of esters is 2. The van der Waals surface area contributed by atoms with Gasteiger partial charge in [-0.05, 0) is 38.5 Å². The zero-order valence-electron chi connectivity index (χ0n) is 40.6. The maximum atomic E-state index is 12.7. The quantitative estimate of drug-likeness (QED) is 0.0195. The monoisotopic (exact) mass is 884 g/mol. The molecule has 0 spiro atoms. The van der Waals surface area contributed by atoms with Gasteiger partial charge in [-0.15, -0.1) is 0 Å². The minimum Gasteiger partial charge on any atom is -0.756 e. The number of nitrogens with zero attached hydrogens (tertiary/aromatic N) is 1. The number of hydrogen-bond donors (Lipinski definition) is 0. The number of rotatable bonds is 47. The first kappa shape index (κ1) is 59.5. The second-order valence-electron chi connectivity index (χ2n) is 18.5. The summed E-state index contributed by atoms with van der Waals surface area (Å²) in [5, 5.41) is 0. The molecule has 10 heteroatoms. The van der Waals surface area contributed by atoms with Gasteiger partial charge in [0.05, 0.1) is 27.7 Å². The van der Waals surface area contributed by atoms with Crippen molar-refractivity contribution in [1.29, 1.82) is 0 Å². The highest BCUT2D eigenvalue weighted by atomic mass is 31.2. The van der Waals surface area contributed by atoms with Crippen molar-refractivity contribution in [3.05, 3.63) is 24.3 Å². The van der Waals surface area contributed by atoms with Gasteiger partial charge in [0, 0.05) is 12.8 Å². The molecule has 1 unspecified atom stereocenters. The third-order valence-corrected chi connectivity index (χ3v) is 12.2. The van der Waals surface area contributed by atoms with Crippen LogP contribution in [0, 0.1) is 0 Å². The minimum absolute atomic E-state index is 0.0359. The lowest BCUT2D eigenvalue weighted by Gasteiger charge is -2.28. The lowest BCUT2D eigenvalue weighted by Crippen LogP contribution is -2.37. The smallest absolute Gasteiger partial charge is 0.306 e. The van der Waals surface area contributed by atoms with Crippen molar-refractivity contribution in [3.8, 4) is 0 Å². The van der Waals surface area contributed by atoms with Crippen LogP contribution in [-0.4, -0.2) is 70.0 Å². The second-order valence-corrected chi connectivity index (χ2v) is 20.0. The van der Waals surface area contributed by atoms with Crippen molar-refractivity contribution in [1.82, 2.24) is 0 Å². The number of carbonyl (C=O) groups excluding carboxylic acids is 2. The summed E-state index contributed by atoms with van der Waals surface area (Å²) in [4.78, 5) is 37.7. The molecule has 0 aliphatic carbocycles. The summed E-state index contributed by atoms with van der Waals surface area (Å²) in [6, 6.07) is 0. The first-order valence-corrected chi connectivity index (χ1v) is 27.0. The van der Waals surface area contributed by atoms with E-state index in [1.807, 2.05) is 21.1 Å². The summed E-state index contributed by atoms with van der Waals surface area (Å²) in [5.74, 6) is -0.875. The fourth-order valence-corrected chi connectivity index (χ4v) is 7.95. The largest absolute Gasteiger partial charge is 0.756 e. The Labute approximate surface area is 377 Å². The molecule has 360 valence electrons. The summed E-state index contributed by atoms with van der Waals surface area (Å²) in [5.41, 5.74) is 0. The number of hydrogen-bond acceptors (Lipinski definition) is 8. The molecular weight excluding hydrogens is 786 g/mol. The number of ether oxygens (including phenoxy) is 2. The predicted octanol–water partition coefficient (Wildman–Crippen LogP) is 14.5. The third kappa shape index (κ3) is 47.8. The summed E-state index contributed by atoms with van der Waals surface area (Å²) in [6.45, 7) is 4.22. The maximum absolute atomic E-state index is 12.7. The number of quaternary nitrogens is 1. The molecule has 0 saturated carbocycles. The Morgan fingerprint density at radius 3 is 1.34 bits per heavy atom. The van der Waals surface area contributed by atoms with Crippen LogP contribution in [0.1, 0.15) is 239 Å². The van der Waals surface area contributed by atoms with Crippen LogP contribution in [0.25, 0.3) is 0 Å². The molecule has 0 aliphatic rings. The molecule has 0 rings (SSSR count). The van der Waals surface area contributed by atoms with Crippen molar-refractivity contribution in [2.75, 3.05) is 47.5 Å². The Kier molecular flexibility index (Phi) is 42.6. The Balaban J connectivity index is 4.27. The van der Waals surface area contributed by atoms with E-state index in [1.54, 1.807) is 0 Å². The van der Waals surface area contributed by atoms with E-state index < -0.39 is 26.5 Å². The third-order valence-electron chi connectivity index (χ3n) is 11.2. The van der Waals surface area contributed by atoms with Crippen molar-refractivity contribution >= 4 is 19.8 Å². The van der Waals surface area contributed by atoms with Crippen molar-refractivity contribution in [3.63, 3.8) is 0 Å².